The van der Waals surface area contributed by atoms with Gasteiger partial charge in [-0.1, -0.05) is 50.7 Å². The molecule has 1 saturated carbocycles. The number of fused-ring (bicyclic) bond motifs is 1. The van der Waals surface area contributed by atoms with E-state index >= 15 is 0 Å². The van der Waals surface area contributed by atoms with Crippen molar-refractivity contribution in [3.8, 4) is 0 Å². The highest BCUT2D eigenvalue weighted by molar-refractivity contribution is 8.23. The third-order valence-corrected chi connectivity index (χ3v) is 7.24. The maximum atomic E-state index is 12.4. The number of hydrogen-bond acceptors (Lipinski definition) is 3. The monoisotopic (exact) mass is 312 g/mol. The molecule has 3 rings (SSSR count). The Morgan fingerprint density at radius 2 is 2.25 bits per heavy atom. The van der Waals surface area contributed by atoms with Gasteiger partial charge in [-0.15, -0.1) is 0 Å². The number of amides is 1. The lowest BCUT2D eigenvalue weighted by Gasteiger charge is -2.62. The molecular weight excluding hydrogens is 288 g/mol. The van der Waals surface area contributed by atoms with Crippen LogP contribution < -0.4 is 10.6 Å². The van der Waals surface area contributed by atoms with Crippen molar-refractivity contribution in [2.75, 3.05) is 0 Å². The molecular formula is C15H24N2OS2. The molecule has 112 valence electrons. The molecule has 1 amide bonds. The predicted molar refractivity (Wildman–Crippen MR) is 87.9 cm³/mol. The third-order valence-electron chi connectivity index (χ3n) is 5.71. The zero-order valence-electron chi connectivity index (χ0n) is 12.3. The van der Waals surface area contributed by atoms with Crippen LogP contribution in [0.5, 0.6) is 0 Å². The van der Waals surface area contributed by atoms with Gasteiger partial charge in [0.05, 0.1) is 11.0 Å². The van der Waals surface area contributed by atoms with E-state index in [4.69, 9.17) is 12.2 Å². The van der Waals surface area contributed by atoms with Crippen LogP contribution in [0.2, 0.25) is 0 Å². The molecule has 2 saturated heterocycles. The molecule has 20 heavy (non-hydrogen) atoms. The first-order chi connectivity index (χ1) is 9.57. The summed E-state index contributed by atoms with van der Waals surface area (Å²) in [5, 5.41) is 7.28. The molecule has 0 aromatic carbocycles. The van der Waals surface area contributed by atoms with E-state index in [0.29, 0.717) is 17.2 Å². The average molecular weight is 313 g/mol. The third kappa shape index (κ3) is 1.92. The summed E-state index contributed by atoms with van der Waals surface area (Å²) in [6, 6.07) is 0.524. The van der Waals surface area contributed by atoms with Gasteiger partial charge in [0, 0.05) is 11.3 Å². The molecule has 3 aliphatic rings. The molecule has 0 aromatic heterocycles. The fourth-order valence-corrected chi connectivity index (χ4v) is 6.21. The maximum Gasteiger partial charge on any atom is 0.229 e. The Hall–Kier alpha value is -0.290. The molecule has 3 fully saturated rings. The van der Waals surface area contributed by atoms with Crippen LogP contribution in [-0.2, 0) is 4.79 Å². The Kier molecular flexibility index (Phi) is 3.78. The van der Waals surface area contributed by atoms with Crippen LogP contribution in [-0.4, -0.2) is 27.1 Å². The van der Waals surface area contributed by atoms with Gasteiger partial charge in [-0.25, -0.2) is 0 Å². The van der Waals surface area contributed by atoms with E-state index in [1.54, 1.807) is 11.8 Å². The number of rotatable bonds is 4. The second-order valence-corrected chi connectivity index (χ2v) is 8.43. The minimum Gasteiger partial charge on any atom is -0.367 e. The molecule has 0 radical (unpaired) electrons. The fourth-order valence-electron chi connectivity index (χ4n) is 4.45. The Bertz CT molecular complexity index is 442. The average Bonchev–Trinajstić information content (AvgIpc) is 2.79. The van der Waals surface area contributed by atoms with E-state index in [1.807, 2.05) is 0 Å². The first-order valence-electron chi connectivity index (χ1n) is 7.87. The van der Waals surface area contributed by atoms with Crippen molar-refractivity contribution >= 4 is 34.2 Å². The smallest absolute Gasteiger partial charge is 0.229 e. The zero-order chi connectivity index (χ0) is 14.4. The number of hydrogen-bond donors (Lipinski definition) is 2. The van der Waals surface area contributed by atoms with Crippen LogP contribution in [0, 0.1) is 5.41 Å². The second kappa shape index (κ2) is 5.16. The molecule has 2 N–H and O–H groups in total. The van der Waals surface area contributed by atoms with Crippen molar-refractivity contribution in [3.63, 3.8) is 0 Å². The highest BCUT2D eigenvalue weighted by Crippen LogP contribution is 2.56. The summed E-state index contributed by atoms with van der Waals surface area (Å²) >= 11 is 7.11. The summed E-state index contributed by atoms with van der Waals surface area (Å²) in [4.78, 5) is 12.4. The van der Waals surface area contributed by atoms with Crippen molar-refractivity contribution in [2.24, 2.45) is 5.41 Å². The topological polar surface area (TPSA) is 41.1 Å². The fraction of sp³-hybridized carbons (Fsp3) is 0.867. The van der Waals surface area contributed by atoms with Crippen LogP contribution in [0.15, 0.2) is 0 Å². The quantitative estimate of drug-likeness (QED) is 0.618. The Morgan fingerprint density at radius 1 is 1.45 bits per heavy atom. The lowest BCUT2D eigenvalue weighted by molar-refractivity contribution is -0.162. The van der Waals surface area contributed by atoms with Crippen molar-refractivity contribution < 1.29 is 4.79 Å². The van der Waals surface area contributed by atoms with Crippen molar-refractivity contribution in [1.29, 1.82) is 0 Å². The molecule has 0 aromatic rings. The molecule has 2 aliphatic heterocycles. The van der Waals surface area contributed by atoms with Crippen LogP contribution in [0.3, 0.4) is 0 Å². The van der Waals surface area contributed by atoms with Crippen LogP contribution in [0.4, 0.5) is 0 Å². The molecule has 4 atom stereocenters. The van der Waals surface area contributed by atoms with Gasteiger partial charge in [0.1, 0.15) is 4.32 Å². The van der Waals surface area contributed by atoms with Gasteiger partial charge < -0.3 is 10.6 Å². The molecule has 0 bridgehead atoms. The number of β-lactam (4-membered cyclic amide) rings is 1. The summed E-state index contributed by atoms with van der Waals surface area (Å²) in [6.45, 7) is 4.39. The van der Waals surface area contributed by atoms with Crippen molar-refractivity contribution in [3.05, 3.63) is 0 Å². The molecule has 5 heteroatoms. The Labute approximate surface area is 131 Å². The normalized spacial score (nSPS) is 42.9. The minimum absolute atomic E-state index is 0.0454. The number of carbonyl (C=O) groups is 1. The molecule has 1 aliphatic carbocycles. The van der Waals surface area contributed by atoms with Crippen LogP contribution >= 0.6 is 24.0 Å². The van der Waals surface area contributed by atoms with Gasteiger partial charge in [0.25, 0.3) is 0 Å². The minimum atomic E-state index is -0.112. The van der Waals surface area contributed by atoms with E-state index in [9.17, 15) is 4.79 Å². The highest BCUT2D eigenvalue weighted by atomic mass is 32.2. The van der Waals surface area contributed by atoms with E-state index in [0.717, 1.165) is 49.3 Å². The molecule has 4 unspecified atom stereocenters. The summed E-state index contributed by atoms with van der Waals surface area (Å²) in [6.07, 6.45) is 7.65. The Morgan fingerprint density at radius 3 is 2.90 bits per heavy atom. The number of carbonyl (C=O) groups excluding carboxylic acids is 1. The van der Waals surface area contributed by atoms with Gasteiger partial charge in [-0.2, -0.15) is 0 Å². The second-order valence-electron chi connectivity index (χ2n) is 6.51. The van der Waals surface area contributed by atoms with Crippen molar-refractivity contribution in [2.45, 2.75) is 75.6 Å². The van der Waals surface area contributed by atoms with E-state index in [1.165, 1.54) is 0 Å². The maximum absolute atomic E-state index is 12.4. The highest BCUT2D eigenvalue weighted by Gasteiger charge is 2.66. The van der Waals surface area contributed by atoms with Crippen molar-refractivity contribution in [1.82, 2.24) is 10.6 Å². The summed E-state index contributed by atoms with van der Waals surface area (Å²) < 4.78 is 0.943. The van der Waals surface area contributed by atoms with Gasteiger partial charge in [0.15, 0.2) is 0 Å². The van der Waals surface area contributed by atoms with Crippen LogP contribution in [0.25, 0.3) is 0 Å². The number of nitrogens with one attached hydrogen (secondary N) is 2. The Balaban J connectivity index is 1.81. The number of thiocarbonyl (C=S) groups is 1. The molecule has 3 nitrogen and oxygen atoms in total. The molecule has 1 spiro atoms. The lowest BCUT2D eigenvalue weighted by atomic mass is 9.53. The largest absolute Gasteiger partial charge is 0.367 e. The van der Waals surface area contributed by atoms with Gasteiger partial charge in [-0.3, -0.25) is 4.79 Å². The van der Waals surface area contributed by atoms with Gasteiger partial charge in [0.2, 0.25) is 5.91 Å². The SMILES string of the molecule is CCCCC1(CC)C(=O)NC12CCC1NC(=S)SC1C2. The van der Waals surface area contributed by atoms with E-state index in [-0.39, 0.29) is 11.0 Å². The number of unbranched alkanes of at least 4 members (excludes halogenated alkanes) is 1. The molecule has 2 heterocycles. The number of thioether (sulfide) groups is 1. The van der Waals surface area contributed by atoms with Gasteiger partial charge >= 0.3 is 0 Å². The van der Waals surface area contributed by atoms with Crippen LogP contribution in [0.1, 0.15) is 58.8 Å². The summed E-state index contributed by atoms with van der Waals surface area (Å²) in [5.41, 5.74) is -0.0669. The zero-order valence-corrected chi connectivity index (χ0v) is 14.0. The first kappa shape index (κ1) is 14.6. The standard InChI is InChI=1S/C15H24N2OS2/c1-3-5-7-14(4-2)12(18)17-15(14)8-6-10-11(9-15)20-13(19)16-10/h10-11H,3-9H2,1-2H3,(H,16,19)(H,17,18). The van der Waals surface area contributed by atoms with Gasteiger partial charge in [-0.05, 0) is 32.1 Å². The van der Waals surface area contributed by atoms with E-state index in [2.05, 4.69) is 24.5 Å². The lowest BCUT2D eigenvalue weighted by Crippen LogP contribution is -2.78. The van der Waals surface area contributed by atoms with E-state index < -0.39 is 0 Å². The summed E-state index contributed by atoms with van der Waals surface area (Å²) in [7, 11) is 0. The first-order valence-corrected chi connectivity index (χ1v) is 9.15. The summed E-state index contributed by atoms with van der Waals surface area (Å²) in [5.74, 6) is 0.297. The predicted octanol–water partition coefficient (Wildman–Crippen LogP) is 2.98.